The maximum absolute atomic E-state index is 11.9. The maximum Gasteiger partial charge on any atom is 0.267 e. The zero-order valence-corrected chi connectivity index (χ0v) is 10.1. The minimum atomic E-state index is -0.0321. The molecule has 0 spiro atoms. The molecule has 1 aromatic heterocycles. The summed E-state index contributed by atoms with van der Waals surface area (Å²) < 4.78 is 2.10. The number of nitrogens with zero attached hydrogens (tertiary/aromatic N) is 1. The molecule has 4 heteroatoms. The minimum Gasteiger partial charge on any atom is -0.396 e. The molecule has 2 rings (SSSR count). The molecule has 0 unspecified atom stereocenters. The number of rotatable bonds is 5. The van der Waals surface area contributed by atoms with Gasteiger partial charge in [-0.3, -0.25) is 4.79 Å². The van der Waals surface area contributed by atoms with Crippen molar-refractivity contribution in [3.63, 3.8) is 0 Å². The Hall–Kier alpha value is -1.29. The van der Waals surface area contributed by atoms with Gasteiger partial charge in [0.25, 0.3) is 5.91 Å². The summed E-state index contributed by atoms with van der Waals surface area (Å²) in [6, 6.07) is 4.29. The molecule has 0 aromatic carbocycles. The number of carbonyl (C=O) groups is 1. The van der Waals surface area contributed by atoms with Crippen molar-refractivity contribution in [3.05, 3.63) is 24.0 Å². The SMILES string of the molecule is O=C(NCCCO)c1cccn1C1CCCC1. The van der Waals surface area contributed by atoms with E-state index in [1.165, 1.54) is 25.7 Å². The Kier molecular flexibility index (Phi) is 4.20. The van der Waals surface area contributed by atoms with Crippen LogP contribution in [0.1, 0.15) is 48.6 Å². The van der Waals surface area contributed by atoms with E-state index in [-0.39, 0.29) is 12.5 Å². The second kappa shape index (κ2) is 5.87. The van der Waals surface area contributed by atoms with E-state index < -0.39 is 0 Å². The number of amides is 1. The van der Waals surface area contributed by atoms with Crippen LogP contribution in [0, 0.1) is 0 Å². The second-order valence-electron chi connectivity index (χ2n) is 4.57. The summed E-state index contributed by atoms with van der Waals surface area (Å²) in [5.74, 6) is -0.0321. The van der Waals surface area contributed by atoms with Crippen LogP contribution < -0.4 is 5.32 Å². The Morgan fingerprint density at radius 2 is 2.24 bits per heavy atom. The van der Waals surface area contributed by atoms with Crippen molar-refractivity contribution in [1.82, 2.24) is 9.88 Å². The van der Waals surface area contributed by atoms with Gasteiger partial charge in [-0.25, -0.2) is 0 Å². The van der Waals surface area contributed by atoms with Gasteiger partial charge in [0, 0.05) is 25.4 Å². The molecule has 1 fully saturated rings. The largest absolute Gasteiger partial charge is 0.396 e. The zero-order valence-electron chi connectivity index (χ0n) is 10.1. The number of hydrogen-bond donors (Lipinski definition) is 2. The van der Waals surface area contributed by atoms with Crippen molar-refractivity contribution in [3.8, 4) is 0 Å². The lowest BCUT2D eigenvalue weighted by Gasteiger charge is -2.15. The molecule has 0 saturated heterocycles. The molecule has 2 N–H and O–H groups in total. The molecular weight excluding hydrogens is 216 g/mol. The van der Waals surface area contributed by atoms with Gasteiger partial charge in [0.05, 0.1) is 0 Å². The van der Waals surface area contributed by atoms with Crippen LogP contribution in [0.25, 0.3) is 0 Å². The summed E-state index contributed by atoms with van der Waals surface area (Å²) in [4.78, 5) is 11.9. The first-order valence-corrected chi connectivity index (χ1v) is 6.39. The van der Waals surface area contributed by atoms with Crippen LogP contribution in [0.2, 0.25) is 0 Å². The number of hydrogen-bond acceptors (Lipinski definition) is 2. The molecule has 0 bridgehead atoms. The summed E-state index contributed by atoms with van der Waals surface area (Å²) in [6.07, 6.45) is 7.47. The smallest absolute Gasteiger partial charge is 0.267 e. The van der Waals surface area contributed by atoms with Gasteiger partial charge in [-0.1, -0.05) is 12.8 Å². The average Bonchev–Trinajstić information content (AvgIpc) is 2.99. The molecule has 1 aliphatic rings. The van der Waals surface area contributed by atoms with Crippen molar-refractivity contribution in [2.24, 2.45) is 0 Å². The van der Waals surface area contributed by atoms with Gasteiger partial charge in [-0.05, 0) is 31.4 Å². The Bertz CT molecular complexity index is 367. The van der Waals surface area contributed by atoms with Crippen LogP contribution in [0.15, 0.2) is 18.3 Å². The number of aromatic nitrogens is 1. The fourth-order valence-corrected chi connectivity index (χ4v) is 2.46. The standard InChI is InChI=1S/C13H20N2O2/c16-10-4-8-14-13(17)12-7-3-9-15(12)11-5-1-2-6-11/h3,7,9,11,16H,1-2,4-6,8,10H2,(H,14,17). The average molecular weight is 236 g/mol. The maximum atomic E-state index is 11.9. The first-order chi connectivity index (χ1) is 8.33. The predicted molar refractivity (Wildman–Crippen MR) is 66.0 cm³/mol. The van der Waals surface area contributed by atoms with Gasteiger partial charge in [0.15, 0.2) is 0 Å². The third kappa shape index (κ3) is 2.88. The van der Waals surface area contributed by atoms with E-state index in [0.29, 0.717) is 19.0 Å². The van der Waals surface area contributed by atoms with E-state index in [1.807, 2.05) is 18.3 Å². The molecule has 1 saturated carbocycles. The lowest BCUT2D eigenvalue weighted by molar-refractivity contribution is 0.0939. The molecule has 1 aliphatic carbocycles. The molecule has 1 amide bonds. The van der Waals surface area contributed by atoms with Crippen LogP contribution in [-0.4, -0.2) is 28.7 Å². The monoisotopic (exact) mass is 236 g/mol. The summed E-state index contributed by atoms with van der Waals surface area (Å²) in [5.41, 5.74) is 0.745. The molecule has 17 heavy (non-hydrogen) atoms. The van der Waals surface area contributed by atoms with Crippen molar-refractivity contribution >= 4 is 5.91 Å². The minimum absolute atomic E-state index is 0.0321. The van der Waals surface area contributed by atoms with E-state index in [4.69, 9.17) is 5.11 Å². The molecule has 0 aliphatic heterocycles. The molecule has 1 aromatic rings. The van der Waals surface area contributed by atoms with Crippen molar-refractivity contribution in [2.75, 3.05) is 13.2 Å². The Morgan fingerprint density at radius 3 is 2.94 bits per heavy atom. The van der Waals surface area contributed by atoms with Gasteiger partial charge < -0.3 is 15.0 Å². The van der Waals surface area contributed by atoms with Gasteiger partial charge in [0.1, 0.15) is 5.69 Å². The van der Waals surface area contributed by atoms with Gasteiger partial charge in [0.2, 0.25) is 0 Å². The fourth-order valence-electron chi connectivity index (χ4n) is 2.46. The van der Waals surface area contributed by atoms with Gasteiger partial charge in [-0.2, -0.15) is 0 Å². The first-order valence-electron chi connectivity index (χ1n) is 6.39. The van der Waals surface area contributed by atoms with Crippen molar-refractivity contribution < 1.29 is 9.90 Å². The quantitative estimate of drug-likeness (QED) is 0.765. The lowest BCUT2D eigenvalue weighted by Crippen LogP contribution is -2.27. The van der Waals surface area contributed by atoms with E-state index in [0.717, 1.165) is 5.69 Å². The van der Waals surface area contributed by atoms with Crippen LogP contribution in [0.3, 0.4) is 0 Å². The zero-order chi connectivity index (χ0) is 12.1. The summed E-state index contributed by atoms with van der Waals surface area (Å²) in [5, 5.41) is 11.5. The topological polar surface area (TPSA) is 54.3 Å². The third-order valence-electron chi connectivity index (χ3n) is 3.35. The third-order valence-corrected chi connectivity index (χ3v) is 3.35. The predicted octanol–water partition coefficient (Wildman–Crippen LogP) is 1.72. The Balaban J connectivity index is 1.99. The Morgan fingerprint density at radius 1 is 1.47 bits per heavy atom. The van der Waals surface area contributed by atoms with Gasteiger partial charge in [-0.15, -0.1) is 0 Å². The van der Waals surface area contributed by atoms with E-state index in [9.17, 15) is 4.79 Å². The molecule has 4 nitrogen and oxygen atoms in total. The highest BCUT2D eigenvalue weighted by Crippen LogP contribution is 2.30. The molecule has 94 valence electrons. The number of aliphatic hydroxyl groups excluding tert-OH is 1. The lowest BCUT2D eigenvalue weighted by atomic mass is 10.2. The summed E-state index contributed by atoms with van der Waals surface area (Å²) in [7, 11) is 0. The van der Waals surface area contributed by atoms with Crippen molar-refractivity contribution in [2.45, 2.75) is 38.1 Å². The van der Waals surface area contributed by atoms with E-state index in [2.05, 4.69) is 9.88 Å². The molecule has 0 atom stereocenters. The van der Waals surface area contributed by atoms with Crippen LogP contribution in [0.4, 0.5) is 0 Å². The highest BCUT2D eigenvalue weighted by Gasteiger charge is 2.20. The Labute approximate surface area is 102 Å². The van der Waals surface area contributed by atoms with Crippen LogP contribution in [-0.2, 0) is 0 Å². The first kappa shape index (κ1) is 12.2. The van der Waals surface area contributed by atoms with Crippen LogP contribution in [0.5, 0.6) is 0 Å². The molecular formula is C13H20N2O2. The second-order valence-corrected chi connectivity index (χ2v) is 4.57. The highest BCUT2D eigenvalue weighted by atomic mass is 16.3. The number of carbonyl (C=O) groups excluding carboxylic acids is 1. The normalized spacial score (nSPS) is 16.3. The number of nitrogens with one attached hydrogen (secondary N) is 1. The summed E-state index contributed by atoms with van der Waals surface area (Å²) >= 11 is 0. The number of aliphatic hydroxyl groups is 1. The van der Waals surface area contributed by atoms with Gasteiger partial charge >= 0.3 is 0 Å². The fraction of sp³-hybridized carbons (Fsp3) is 0.615. The van der Waals surface area contributed by atoms with Crippen molar-refractivity contribution in [1.29, 1.82) is 0 Å². The van der Waals surface area contributed by atoms with Crippen LogP contribution >= 0.6 is 0 Å². The summed E-state index contributed by atoms with van der Waals surface area (Å²) in [6.45, 7) is 0.648. The van der Waals surface area contributed by atoms with E-state index >= 15 is 0 Å². The van der Waals surface area contributed by atoms with E-state index in [1.54, 1.807) is 0 Å². The molecule has 1 heterocycles. The highest BCUT2D eigenvalue weighted by molar-refractivity contribution is 5.92. The molecule has 0 radical (unpaired) electrons.